The van der Waals surface area contributed by atoms with Gasteiger partial charge in [-0.15, -0.1) is 11.3 Å². The Bertz CT molecular complexity index is 781. The molecule has 4 nitrogen and oxygen atoms in total. The van der Waals surface area contributed by atoms with Gasteiger partial charge in [0.15, 0.2) is 0 Å². The fourth-order valence-electron chi connectivity index (χ4n) is 2.24. The molecule has 0 spiro atoms. The van der Waals surface area contributed by atoms with E-state index in [1.54, 1.807) is 11.3 Å². The molecule has 114 valence electrons. The number of aryl methyl sites for hydroxylation is 1. The molecule has 0 saturated heterocycles. The molecule has 5 heteroatoms. The second-order valence-corrected chi connectivity index (χ2v) is 6.50. The maximum atomic E-state index is 4.58. The molecule has 0 aliphatic rings. The average molecular weight is 312 g/mol. The normalized spacial score (nSPS) is 12.5. The topological polar surface area (TPSA) is 50.7 Å². The number of nitrogens with one attached hydrogen (secondary N) is 1. The minimum atomic E-state index is 0.632. The molecule has 22 heavy (non-hydrogen) atoms. The van der Waals surface area contributed by atoms with Crippen LogP contribution in [0.5, 0.6) is 0 Å². The third-order valence-corrected chi connectivity index (χ3v) is 4.59. The number of thiazole rings is 1. The van der Waals surface area contributed by atoms with E-state index in [-0.39, 0.29) is 0 Å². The summed E-state index contributed by atoms with van der Waals surface area (Å²) in [7, 11) is 0. The molecule has 0 amide bonds. The molecule has 1 aromatic carbocycles. The third-order valence-electron chi connectivity index (χ3n) is 3.79. The molecule has 0 radical (unpaired) electrons. The lowest BCUT2D eigenvalue weighted by atomic mass is 10.1. The quantitative estimate of drug-likeness (QED) is 0.752. The van der Waals surface area contributed by atoms with E-state index < -0.39 is 0 Å². The summed E-state index contributed by atoms with van der Waals surface area (Å²) in [4.78, 5) is 13.4. The highest BCUT2D eigenvalue weighted by Crippen LogP contribution is 2.26. The van der Waals surface area contributed by atoms with Gasteiger partial charge < -0.3 is 5.32 Å². The van der Waals surface area contributed by atoms with Gasteiger partial charge in [0.05, 0.1) is 21.4 Å². The van der Waals surface area contributed by atoms with E-state index in [0.29, 0.717) is 5.92 Å². The van der Waals surface area contributed by atoms with Crippen LogP contribution in [0.1, 0.15) is 26.1 Å². The summed E-state index contributed by atoms with van der Waals surface area (Å²) in [6.45, 7) is 7.30. The summed E-state index contributed by atoms with van der Waals surface area (Å²) < 4.78 is 1.18. The highest BCUT2D eigenvalue weighted by molar-refractivity contribution is 7.16. The zero-order valence-electron chi connectivity index (χ0n) is 13.1. The lowest BCUT2D eigenvalue weighted by molar-refractivity contribution is 0.592. The van der Waals surface area contributed by atoms with Gasteiger partial charge >= 0.3 is 0 Å². The van der Waals surface area contributed by atoms with Crippen LogP contribution in [-0.4, -0.2) is 21.5 Å². The number of rotatable bonds is 5. The fourth-order valence-corrected chi connectivity index (χ4v) is 2.96. The molecular weight excluding hydrogens is 292 g/mol. The van der Waals surface area contributed by atoms with E-state index in [4.69, 9.17) is 0 Å². The van der Waals surface area contributed by atoms with Crippen molar-refractivity contribution in [3.8, 4) is 11.3 Å². The monoisotopic (exact) mass is 312 g/mol. The molecule has 0 aliphatic heterocycles. The lowest BCUT2D eigenvalue weighted by Crippen LogP contribution is -2.12. The Labute approximate surface area is 134 Å². The summed E-state index contributed by atoms with van der Waals surface area (Å²) >= 11 is 1.65. The molecule has 2 aromatic heterocycles. The van der Waals surface area contributed by atoms with Crippen LogP contribution in [0.4, 0.5) is 5.82 Å². The van der Waals surface area contributed by atoms with Crippen molar-refractivity contribution in [2.24, 2.45) is 5.92 Å². The molecule has 3 aromatic rings. The first-order valence-corrected chi connectivity index (χ1v) is 8.47. The van der Waals surface area contributed by atoms with Gasteiger partial charge in [-0.2, -0.15) is 0 Å². The highest BCUT2D eigenvalue weighted by atomic mass is 32.1. The van der Waals surface area contributed by atoms with Gasteiger partial charge in [-0.25, -0.2) is 15.0 Å². The predicted molar refractivity (Wildman–Crippen MR) is 93.3 cm³/mol. The third kappa shape index (κ3) is 3.25. The number of nitrogens with zero attached hydrogens (tertiary/aromatic N) is 3. The van der Waals surface area contributed by atoms with Crippen LogP contribution in [-0.2, 0) is 0 Å². The lowest BCUT2D eigenvalue weighted by Gasteiger charge is -2.12. The minimum absolute atomic E-state index is 0.632. The summed E-state index contributed by atoms with van der Waals surface area (Å²) in [6.07, 6.45) is 1.16. The Morgan fingerprint density at radius 1 is 1.23 bits per heavy atom. The van der Waals surface area contributed by atoms with Crippen molar-refractivity contribution in [3.05, 3.63) is 35.6 Å². The Morgan fingerprint density at radius 2 is 2.09 bits per heavy atom. The smallest absolute Gasteiger partial charge is 0.130 e. The van der Waals surface area contributed by atoms with Crippen LogP contribution in [0.3, 0.4) is 0 Å². The molecule has 0 fully saturated rings. The number of anilines is 1. The Morgan fingerprint density at radius 3 is 2.91 bits per heavy atom. The second-order valence-electron chi connectivity index (χ2n) is 5.61. The van der Waals surface area contributed by atoms with Gasteiger partial charge in [0.1, 0.15) is 11.6 Å². The maximum Gasteiger partial charge on any atom is 0.130 e. The van der Waals surface area contributed by atoms with E-state index in [9.17, 15) is 0 Å². The molecule has 1 N–H and O–H groups in total. The van der Waals surface area contributed by atoms with E-state index in [1.807, 2.05) is 24.6 Å². The van der Waals surface area contributed by atoms with Gasteiger partial charge in [-0.1, -0.05) is 26.3 Å². The van der Waals surface area contributed by atoms with Crippen molar-refractivity contribution in [3.63, 3.8) is 0 Å². The van der Waals surface area contributed by atoms with Crippen molar-refractivity contribution in [2.45, 2.75) is 27.2 Å². The first-order valence-electron chi connectivity index (χ1n) is 7.59. The number of benzene rings is 1. The van der Waals surface area contributed by atoms with E-state index in [1.165, 1.54) is 4.70 Å². The van der Waals surface area contributed by atoms with E-state index in [0.717, 1.165) is 41.4 Å². The van der Waals surface area contributed by atoms with Crippen LogP contribution in [0, 0.1) is 12.8 Å². The molecular formula is C17H20N4S. The SMILES string of the molecule is CCC(C)CNc1cc(-c2ccc3ncsc3c2)nc(C)n1. The average Bonchev–Trinajstić information content (AvgIpc) is 2.99. The van der Waals surface area contributed by atoms with E-state index in [2.05, 4.69) is 46.2 Å². The zero-order valence-corrected chi connectivity index (χ0v) is 13.9. The summed E-state index contributed by atoms with van der Waals surface area (Å²) in [5, 5.41) is 3.42. The molecule has 0 bridgehead atoms. The fraction of sp³-hybridized carbons (Fsp3) is 0.353. The van der Waals surface area contributed by atoms with Crippen molar-refractivity contribution < 1.29 is 0 Å². The van der Waals surface area contributed by atoms with Crippen LogP contribution in [0.2, 0.25) is 0 Å². The van der Waals surface area contributed by atoms with Gasteiger partial charge in [-0.3, -0.25) is 0 Å². The molecule has 0 aliphatic carbocycles. The zero-order chi connectivity index (χ0) is 15.5. The van der Waals surface area contributed by atoms with Crippen LogP contribution < -0.4 is 5.32 Å². The van der Waals surface area contributed by atoms with Gasteiger partial charge in [-0.05, 0) is 25.0 Å². The summed E-state index contributed by atoms with van der Waals surface area (Å²) in [5.41, 5.74) is 4.97. The number of hydrogen-bond acceptors (Lipinski definition) is 5. The summed E-state index contributed by atoms with van der Waals surface area (Å²) in [5.74, 6) is 2.31. The van der Waals surface area contributed by atoms with Gasteiger partial charge in [0.2, 0.25) is 0 Å². The predicted octanol–water partition coefficient (Wildman–Crippen LogP) is 4.52. The molecule has 2 heterocycles. The molecule has 3 rings (SSSR count). The van der Waals surface area contributed by atoms with E-state index >= 15 is 0 Å². The van der Waals surface area contributed by atoms with Crippen LogP contribution in [0.25, 0.3) is 21.5 Å². The largest absolute Gasteiger partial charge is 0.370 e. The Kier molecular flexibility index (Phi) is 4.34. The highest BCUT2D eigenvalue weighted by Gasteiger charge is 2.07. The number of fused-ring (bicyclic) bond motifs is 1. The first kappa shape index (κ1) is 14.9. The van der Waals surface area contributed by atoms with Crippen molar-refractivity contribution in [2.75, 3.05) is 11.9 Å². The van der Waals surface area contributed by atoms with Crippen LogP contribution in [0.15, 0.2) is 29.8 Å². The molecule has 0 saturated carbocycles. The first-order chi connectivity index (χ1) is 10.7. The van der Waals surface area contributed by atoms with Gasteiger partial charge in [0, 0.05) is 18.2 Å². The Balaban J connectivity index is 1.90. The molecule has 1 atom stereocenters. The standard InChI is InChI=1S/C17H20N4S/c1-4-11(2)9-18-17-8-15(20-12(3)21-17)13-5-6-14-16(7-13)22-10-19-14/h5-8,10-11H,4,9H2,1-3H3,(H,18,20,21). The summed E-state index contributed by atoms with van der Waals surface area (Å²) in [6, 6.07) is 8.29. The maximum absolute atomic E-state index is 4.58. The van der Waals surface area contributed by atoms with Crippen molar-refractivity contribution in [1.82, 2.24) is 15.0 Å². The van der Waals surface area contributed by atoms with Gasteiger partial charge in [0.25, 0.3) is 0 Å². The molecule has 1 unspecified atom stereocenters. The second kappa shape index (κ2) is 6.40. The van der Waals surface area contributed by atoms with Crippen molar-refractivity contribution >= 4 is 27.4 Å². The Hall–Kier alpha value is -2.01. The van der Waals surface area contributed by atoms with Crippen molar-refractivity contribution in [1.29, 1.82) is 0 Å². The minimum Gasteiger partial charge on any atom is -0.370 e. The number of hydrogen-bond donors (Lipinski definition) is 1. The van der Waals surface area contributed by atoms with Crippen LogP contribution >= 0.6 is 11.3 Å². The number of aromatic nitrogens is 3.